The summed E-state index contributed by atoms with van der Waals surface area (Å²) in [6.45, 7) is 6.74. The lowest BCUT2D eigenvalue weighted by atomic mass is 9.93. The minimum atomic E-state index is -0.645. The third-order valence-corrected chi connectivity index (χ3v) is 18.7. The number of H-pyrrole nitrogens is 2. The Hall–Kier alpha value is -9.86. The highest BCUT2D eigenvalue weighted by Gasteiger charge is 2.43. The van der Waals surface area contributed by atoms with E-state index in [1.165, 1.54) is 26.0 Å². The minimum absolute atomic E-state index is 0.00388. The van der Waals surface area contributed by atoms with E-state index in [0.29, 0.717) is 108 Å². The third-order valence-electron chi connectivity index (χ3n) is 18.7. The van der Waals surface area contributed by atoms with Crippen molar-refractivity contribution in [2.75, 3.05) is 46.8 Å². The van der Waals surface area contributed by atoms with Crippen LogP contribution in [0.4, 0.5) is 0 Å². The maximum atomic E-state index is 13.5. The van der Waals surface area contributed by atoms with Crippen LogP contribution in [0.5, 0.6) is 5.88 Å². The number of hydrogen-bond donors (Lipinski definition) is 3. The maximum absolute atomic E-state index is 13.5. The second-order valence-corrected chi connectivity index (χ2v) is 24.6. The van der Waals surface area contributed by atoms with Crippen molar-refractivity contribution in [1.29, 1.82) is 0 Å². The topological polar surface area (TPSA) is 249 Å². The summed E-state index contributed by atoms with van der Waals surface area (Å²) in [5.41, 5.74) is 11.1. The molecular formula is C74H72N6O14. The van der Waals surface area contributed by atoms with Crippen LogP contribution < -0.4 is 15.9 Å². The number of esters is 2. The molecule has 3 amide bonds. The second-order valence-electron chi connectivity index (χ2n) is 24.6. The van der Waals surface area contributed by atoms with E-state index < -0.39 is 18.3 Å². The van der Waals surface area contributed by atoms with Gasteiger partial charge in [0.2, 0.25) is 17.0 Å². The number of nitrogens with zero attached hydrogens (tertiary/aromatic N) is 4. The number of nitrogens with one attached hydrogen (secondary N) is 2. The standard InChI is InChI=1S/2C25H24N2O5.C24H24N2O4/c2*1-15(28)32-23-14-31-9-8-22(23)27-13-21-19-5-3-2-4-18(19)17(11-20(21)25(27)30)10-16-6-7-24(29)26-12-16;1-29-23-7-6-15(12-25-23)10-16-11-19-20(18-5-3-2-4-17(16)18)13-26(24(19)28)21-8-9-30-14-22(21)27/h2*2-7,11-12,22-23H,8-10,13-14H2,1H3,(H,26,29);2-7,11-12,21-22,27H,8-10,13-14H2,1H3/t2*22-,23-;21-,22-/m000/s1. The molecule has 9 aromatic rings. The van der Waals surface area contributed by atoms with E-state index in [1.54, 1.807) is 31.6 Å². The predicted octanol–water partition coefficient (Wildman–Crippen LogP) is 8.53. The number of carbonyl (C=O) groups excluding carboxylic acids is 5. The summed E-state index contributed by atoms with van der Waals surface area (Å²) < 4.78 is 32.5. The lowest BCUT2D eigenvalue weighted by Crippen LogP contribution is -2.50. The number of aliphatic hydroxyl groups excluding tert-OH is 1. The lowest BCUT2D eigenvalue weighted by molar-refractivity contribution is -0.159. The predicted molar refractivity (Wildman–Crippen MR) is 350 cm³/mol. The van der Waals surface area contributed by atoms with Crippen molar-refractivity contribution >= 4 is 62.0 Å². The van der Waals surface area contributed by atoms with Crippen LogP contribution in [-0.2, 0) is 72.2 Å². The maximum Gasteiger partial charge on any atom is 0.303 e. The van der Waals surface area contributed by atoms with E-state index in [-0.39, 0.29) is 65.5 Å². The van der Waals surface area contributed by atoms with Crippen molar-refractivity contribution in [3.05, 3.63) is 233 Å². The number of benzene rings is 6. The summed E-state index contributed by atoms with van der Waals surface area (Å²) in [5, 5.41) is 16.9. The molecule has 6 aliphatic rings. The largest absolute Gasteiger partial charge is 0.481 e. The number of carbonyl (C=O) groups is 5. The smallest absolute Gasteiger partial charge is 0.303 e. The van der Waals surface area contributed by atoms with Crippen LogP contribution in [0.15, 0.2) is 156 Å². The number of hydrogen-bond acceptors (Lipinski definition) is 15. The number of aromatic nitrogens is 3. The van der Waals surface area contributed by atoms with Gasteiger partial charge >= 0.3 is 11.9 Å². The molecule has 0 saturated carbocycles. The average molecular weight is 1270 g/mol. The van der Waals surface area contributed by atoms with Gasteiger partial charge in [-0.2, -0.15) is 0 Å². The van der Waals surface area contributed by atoms with Gasteiger partial charge in [0.1, 0.15) is 12.2 Å². The molecule has 15 rings (SSSR count). The van der Waals surface area contributed by atoms with Crippen LogP contribution in [0.3, 0.4) is 0 Å². The molecule has 3 saturated heterocycles. The van der Waals surface area contributed by atoms with Gasteiger partial charge in [0, 0.05) is 107 Å². The highest BCUT2D eigenvalue weighted by molar-refractivity contribution is 6.08. The fraction of sp³-hybridized carbons (Fsp3) is 0.324. The number of aromatic amines is 2. The highest BCUT2D eigenvalue weighted by Crippen LogP contribution is 2.40. The molecule has 0 spiro atoms. The van der Waals surface area contributed by atoms with Crippen molar-refractivity contribution in [1.82, 2.24) is 29.7 Å². The number of rotatable bonds is 12. The van der Waals surface area contributed by atoms with Gasteiger partial charge in [-0.05, 0) is 139 Å². The normalized spacial score (nSPS) is 20.6. The van der Waals surface area contributed by atoms with E-state index in [9.17, 15) is 38.7 Å². The average Bonchev–Trinajstić information content (AvgIpc) is 1.59. The highest BCUT2D eigenvalue weighted by atomic mass is 16.6. The van der Waals surface area contributed by atoms with Crippen molar-refractivity contribution < 1.29 is 57.5 Å². The van der Waals surface area contributed by atoms with Crippen molar-refractivity contribution in [2.45, 2.75) is 108 Å². The number of methoxy groups -OCH3 is 1. The van der Waals surface area contributed by atoms with Gasteiger partial charge in [-0.15, -0.1) is 0 Å². The number of pyridine rings is 3. The molecule has 0 aliphatic carbocycles. The zero-order chi connectivity index (χ0) is 65.1. The molecule has 3 fully saturated rings. The monoisotopic (exact) mass is 1270 g/mol. The summed E-state index contributed by atoms with van der Waals surface area (Å²) in [7, 11) is 1.60. The third kappa shape index (κ3) is 13.0. The van der Waals surface area contributed by atoms with Gasteiger partial charge in [-0.1, -0.05) is 91.0 Å². The number of aliphatic hydroxyl groups is 1. The van der Waals surface area contributed by atoms with Crippen LogP contribution in [0.2, 0.25) is 0 Å². The van der Waals surface area contributed by atoms with Gasteiger partial charge < -0.3 is 58.2 Å². The molecule has 0 radical (unpaired) electrons. The first-order valence-electron chi connectivity index (χ1n) is 31.8. The first kappa shape index (κ1) is 62.9. The molecule has 0 unspecified atom stereocenters. The molecule has 482 valence electrons. The molecule has 6 atom stereocenters. The van der Waals surface area contributed by atoms with E-state index in [2.05, 4.69) is 51.4 Å². The van der Waals surface area contributed by atoms with Crippen LogP contribution in [0.25, 0.3) is 32.3 Å². The van der Waals surface area contributed by atoms with Crippen LogP contribution >= 0.6 is 0 Å². The Morgan fingerprint density at radius 3 is 1.23 bits per heavy atom. The first-order valence-corrected chi connectivity index (χ1v) is 31.8. The zero-order valence-corrected chi connectivity index (χ0v) is 52.5. The van der Waals surface area contributed by atoms with Crippen LogP contribution in [0, 0.1) is 0 Å². The second kappa shape index (κ2) is 27.4. The Kier molecular flexibility index (Phi) is 18.3. The molecule has 94 heavy (non-hydrogen) atoms. The molecule has 3 N–H and O–H groups in total. The summed E-state index contributed by atoms with van der Waals surface area (Å²) in [6, 6.07) is 40.3. The number of ether oxygens (including phenoxy) is 6. The van der Waals surface area contributed by atoms with Gasteiger partial charge in [-0.3, -0.25) is 33.6 Å². The van der Waals surface area contributed by atoms with Gasteiger partial charge in [-0.25, -0.2) is 4.98 Å². The molecule has 3 aromatic heterocycles. The zero-order valence-electron chi connectivity index (χ0n) is 52.5. The summed E-state index contributed by atoms with van der Waals surface area (Å²) in [5.74, 6) is -0.254. The van der Waals surface area contributed by atoms with Gasteiger partial charge in [0.25, 0.3) is 17.7 Å². The Morgan fingerprint density at radius 1 is 0.500 bits per heavy atom. The van der Waals surface area contributed by atoms with Crippen LogP contribution in [-0.4, -0.2) is 148 Å². The Morgan fingerprint density at radius 2 is 0.872 bits per heavy atom. The molecule has 0 bridgehead atoms. The van der Waals surface area contributed by atoms with E-state index in [4.69, 9.17) is 28.4 Å². The summed E-state index contributed by atoms with van der Waals surface area (Å²) in [6.07, 6.45) is 7.45. The van der Waals surface area contributed by atoms with Gasteiger partial charge in [0.05, 0.1) is 51.2 Å². The van der Waals surface area contributed by atoms with E-state index in [0.717, 1.165) is 88.0 Å². The van der Waals surface area contributed by atoms with Crippen LogP contribution in [0.1, 0.15) is 114 Å². The summed E-state index contributed by atoms with van der Waals surface area (Å²) >= 11 is 0. The lowest BCUT2D eigenvalue weighted by Gasteiger charge is -2.36. The van der Waals surface area contributed by atoms with Gasteiger partial charge in [0.15, 0.2) is 0 Å². The minimum Gasteiger partial charge on any atom is -0.481 e. The number of fused-ring (bicyclic) bond motifs is 9. The molecular weight excluding hydrogens is 1200 g/mol. The quantitative estimate of drug-likeness (QED) is 0.0970. The number of amides is 3. The van der Waals surface area contributed by atoms with Crippen molar-refractivity contribution in [2.24, 2.45) is 0 Å². The van der Waals surface area contributed by atoms with E-state index in [1.807, 2.05) is 87.6 Å². The van der Waals surface area contributed by atoms with E-state index >= 15 is 0 Å². The molecule has 9 heterocycles. The SMILES string of the molecule is CC(=O)O[C@H]1COCC[C@@H]1N1Cc2c(cc(Cc3ccc(=O)[nH]c3)c3ccccc23)C1=O.CC(=O)O[C@H]1COCC[C@@H]1N1Cc2c(cc(Cc3ccc(=O)[nH]c3)c3ccccc23)C1=O.COc1ccc(Cc2cc3c(c4ccccc24)CN([C@H]2CCOC[C@@H]2O)C3=O)cn1. The fourth-order valence-electron chi connectivity index (χ4n) is 14.3. The summed E-state index contributed by atoms with van der Waals surface area (Å²) in [4.78, 5) is 102. The van der Waals surface area contributed by atoms with Crippen molar-refractivity contribution in [3.63, 3.8) is 0 Å². The first-order chi connectivity index (χ1) is 45.7. The Balaban J connectivity index is 0.000000128. The molecule has 20 nitrogen and oxygen atoms in total. The molecule has 6 aliphatic heterocycles. The molecule has 20 heteroatoms. The fourth-order valence-corrected chi connectivity index (χ4v) is 14.3. The van der Waals surface area contributed by atoms with Crippen molar-refractivity contribution in [3.8, 4) is 5.88 Å². The molecule has 6 aromatic carbocycles. The Labute approximate surface area is 541 Å². The Bertz CT molecular complexity index is 4290.